The van der Waals surface area contributed by atoms with Crippen LogP contribution in [0.15, 0.2) is 30.6 Å². The van der Waals surface area contributed by atoms with Crippen LogP contribution in [0.5, 0.6) is 0 Å². The topological polar surface area (TPSA) is 70.3 Å². The molecule has 7 heteroatoms. The number of nitrogens with zero attached hydrogens (tertiary/aromatic N) is 6. The Morgan fingerprint density at radius 2 is 1.97 bits per heavy atom. The predicted molar refractivity (Wildman–Crippen MR) is 127 cm³/mol. The third kappa shape index (κ3) is 4.89. The van der Waals surface area contributed by atoms with E-state index in [1.807, 2.05) is 16.9 Å². The van der Waals surface area contributed by atoms with Crippen LogP contribution in [0.4, 0.5) is 5.95 Å². The van der Waals surface area contributed by atoms with Crippen LogP contribution >= 0.6 is 0 Å². The first kappa shape index (κ1) is 21.6. The molecule has 2 fully saturated rings. The Balaban J connectivity index is 1.38. The maximum atomic E-state index is 9.51. The van der Waals surface area contributed by atoms with Crippen LogP contribution in [0.25, 0.3) is 11.3 Å². The second kappa shape index (κ2) is 10.1. The molecule has 172 valence electrons. The zero-order valence-electron chi connectivity index (χ0n) is 19.1. The summed E-state index contributed by atoms with van der Waals surface area (Å²) in [6.45, 7) is 6.13. The highest BCUT2D eigenvalue weighted by molar-refractivity contribution is 5.63. The molecule has 2 aliphatic heterocycles. The molecule has 0 bridgehead atoms. The van der Waals surface area contributed by atoms with Gasteiger partial charge in [0.2, 0.25) is 5.95 Å². The highest BCUT2D eigenvalue weighted by atomic mass is 16.3. The van der Waals surface area contributed by atoms with Gasteiger partial charge in [-0.1, -0.05) is 12.2 Å². The van der Waals surface area contributed by atoms with E-state index in [0.29, 0.717) is 12.5 Å². The zero-order chi connectivity index (χ0) is 21.8. The molecule has 1 N–H and O–H groups in total. The minimum Gasteiger partial charge on any atom is -0.394 e. The van der Waals surface area contributed by atoms with E-state index in [9.17, 15) is 5.11 Å². The van der Waals surface area contributed by atoms with Crippen LogP contribution in [-0.2, 0) is 6.54 Å². The Bertz CT molecular complexity index is 919. The van der Waals surface area contributed by atoms with E-state index in [-0.39, 0.29) is 6.61 Å². The van der Waals surface area contributed by atoms with Gasteiger partial charge in [0, 0.05) is 50.1 Å². The van der Waals surface area contributed by atoms with Crippen molar-refractivity contribution in [1.82, 2.24) is 24.6 Å². The average molecular weight is 437 g/mol. The van der Waals surface area contributed by atoms with Gasteiger partial charge in [0.15, 0.2) is 0 Å². The molecule has 3 aliphatic rings. The Labute approximate surface area is 191 Å². The van der Waals surface area contributed by atoms with E-state index in [1.54, 1.807) is 0 Å². The Morgan fingerprint density at radius 3 is 2.78 bits per heavy atom. The monoisotopic (exact) mass is 436 g/mol. The lowest BCUT2D eigenvalue weighted by Gasteiger charge is -2.35. The van der Waals surface area contributed by atoms with E-state index in [2.05, 4.69) is 33.1 Å². The maximum Gasteiger partial charge on any atom is 0.225 e. The molecule has 2 saturated heterocycles. The highest BCUT2D eigenvalue weighted by Gasteiger charge is 2.28. The molecule has 0 radical (unpaired) electrons. The lowest BCUT2D eigenvalue weighted by molar-refractivity contribution is 0.172. The van der Waals surface area contributed by atoms with Gasteiger partial charge in [0.25, 0.3) is 0 Å². The Morgan fingerprint density at radius 1 is 1.06 bits per heavy atom. The van der Waals surface area contributed by atoms with E-state index in [0.717, 1.165) is 54.9 Å². The van der Waals surface area contributed by atoms with Gasteiger partial charge >= 0.3 is 0 Å². The number of aliphatic hydroxyl groups excluding tert-OH is 1. The summed E-state index contributed by atoms with van der Waals surface area (Å²) in [5.74, 6) is 2.02. The minimum absolute atomic E-state index is 0.0926. The molecule has 2 aromatic heterocycles. The highest BCUT2D eigenvalue weighted by Crippen LogP contribution is 2.34. The standard InChI is InChI=1S/C25H36N6O/c32-16-15-31-19-22(23-10-11-26-25(27-23)30-13-4-5-14-30)24(28-31)21-9-6-12-29(18-21)17-20-7-2-1-3-8-20/h1-2,10-11,19-21,32H,3-9,12-18H2/t20-,21+/m1/s1. The Hall–Kier alpha value is -2.25. The molecule has 0 saturated carbocycles. The molecular formula is C25H36N6O. The molecule has 5 rings (SSSR count). The van der Waals surface area contributed by atoms with Crippen LogP contribution in [0, 0.1) is 5.92 Å². The first-order chi connectivity index (χ1) is 15.8. The molecular weight excluding hydrogens is 400 g/mol. The van der Waals surface area contributed by atoms with Gasteiger partial charge < -0.3 is 14.9 Å². The lowest BCUT2D eigenvalue weighted by atomic mass is 9.89. The van der Waals surface area contributed by atoms with E-state index in [4.69, 9.17) is 10.1 Å². The summed E-state index contributed by atoms with van der Waals surface area (Å²) in [6, 6.07) is 2.01. The normalized spacial score (nSPS) is 24.3. The molecule has 1 aliphatic carbocycles. The van der Waals surface area contributed by atoms with Crippen molar-refractivity contribution in [3.63, 3.8) is 0 Å². The number of rotatable bonds is 7. The van der Waals surface area contributed by atoms with Crippen molar-refractivity contribution in [1.29, 1.82) is 0 Å². The van der Waals surface area contributed by atoms with Crippen molar-refractivity contribution < 1.29 is 5.11 Å². The van der Waals surface area contributed by atoms with Gasteiger partial charge in [-0.2, -0.15) is 5.10 Å². The van der Waals surface area contributed by atoms with Crippen molar-refractivity contribution in [2.45, 2.75) is 57.4 Å². The number of aromatic nitrogens is 4. The predicted octanol–water partition coefficient (Wildman–Crippen LogP) is 3.47. The van der Waals surface area contributed by atoms with E-state index in [1.165, 1.54) is 51.6 Å². The van der Waals surface area contributed by atoms with Crippen LogP contribution in [-0.4, -0.2) is 69.1 Å². The fraction of sp³-hybridized carbons (Fsp3) is 0.640. The zero-order valence-corrected chi connectivity index (χ0v) is 19.1. The van der Waals surface area contributed by atoms with E-state index >= 15 is 0 Å². The summed E-state index contributed by atoms with van der Waals surface area (Å²) in [5.41, 5.74) is 3.20. The number of allylic oxidation sites excluding steroid dienone is 2. The fourth-order valence-corrected chi connectivity index (χ4v) is 5.55. The number of aliphatic hydroxyl groups is 1. The molecule has 0 amide bonds. The third-order valence-electron chi connectivity index (χ3n) is 7.21. The second-order valence-electron chi connectivity index (χ2n) is 9.60. The largest absolute Gasteiger partial charge is 0.394 e. The number of hydrogen-bond donors (Lipinski definition) is 1. The molecule has 7 nitrogen and oxygen atoms in total. The molecule has 0 aromatic carbocycles. The summed E-state index contributed by atoms with van der Waals surface area (Å²) >= 11 is 0. The molecule has 0 unspecified atom stereocenters. The number of anilines is 1. The maximum absolute atomic E-state index is 9.51. The van der Waals surface area contributed by atoms with Gasteiger partial charge in [-0.15, -0.1) is 0 Å². The summed E-state index contributed by atoms with van der Waals surface area (Å²) in [7, 11) is 0. The van der Waals surface area contributed by atoms with Gasteiger partial charge in [-0.3, -0.25) is 4.68 Å². The van der Waals surface area contributed by atoms with Gasteiger partial charge in [0.05, 0.1) is 24.5 Å². The van der Waals surface area contributed by atoms with Crippen molar-refractivity contribution in [2.75, 3.05) is 44.2 Å². The molecule has 2 atom stereocenters. The first-order valence-electron chi connectivity index (χ1n) is 12.4. The van der Waals surface area contributed by atoms with Crippen molar-refractivity contribution in [3.8, 4) is 11.3 Å². The molecule has 2 aromatic rings. The fourth-order valence-electron chi connectivity index (χ4n) is 5.55. The average Bonchev–Trinajstić information content (AvgIpc) is 3.51. The number of piperidine rings is 1. The van der Waals surface area contributed by atoms with Crippen LogP contribution in [0.1, 0.15) is 56.6 Å². The van der Waals surface area contributed by atoms with E-state index < -0.39 is 0 Å². The van der Waals surface area contributed by atoms with Crippen molar-refractivity contribution in [2.24, 2.45) is 5.92 Å². The first-order valence-corrected chi connectivity index (χ1v) is 12.4. The summed E-state index contributed by atoms with van der Waals surface area (Å²) < 4.78 is 1.90. The molecule has 4 heterocycles. The van der Waals surface area contributed by atoms with Crippen molar-refractivity contribution >= 4 is 5.95 Å². The van der Waals surface area contributed by atoms with Crippen molar-refractivity contribution in [3.05, 3.63) is 36.3 Å². The number of likely N-dealkylation sites (tertiary alicyclic amines) is 1. The van der Waals surface area contributed by atoms with Crippen LogP contribution in [0.3, 0.4) is 0 Å². The number of hydrogen-bond acceptors (Lipinski definition) is 6. The summed E-state index contributed by atoms with van der Waals surface area (Å²) in [5, 5.41) is 14.5. The van der Waals surface area contributed by atoms with Gasteiger partial charge in [-0.25, -0.2) is 9.97 Å². The summed E-state index contributed by atoms with van der Waals surface area (Å²) in [4.78, 5) is 14.4. The smallest absolute Gasteiger partial charge is 0.225 e. The Kier molecular flexibility index (Phi) is 6.83. The van der Waals surface area contributed by atoms with Gasteiger partial charge in [-0.05, 0) is 63.5 Å². The molecule has 0 spiro atoms. The second-order valence-corrected chi connectivity index (χ2v) is 9.60. The van der Waals surface area contributed by atoms with Gasteiger partial charge in [0.1, 0.15) is 0 Å². The lowest BCUT2D eigenvalue weighted by Crippen LogP contribution is -2.38. The summed E-state index contributed by atoms with van der Waals surface area (Å²) in [6.07, 6.45) is 17.2. The van der Waals surface area contributed by atoms with Crippen LogP contribution in [0.2, 0.25) is 0 Å². The van der Waals surface area contributed by atoms with Crippen LogP contribution < -0.4 is 4.90 Å². The minimum atomic E-state index is 0.0926. The third-order valence-corrected chi connectivity index (χ3v) is 7.21. The molecule has 32 heavy (non-hydrogen) atoms. The SMILES string of the molecule is OCCn1cc(-c2ccnc(N3CCCC3)n2)c([C@H]2CCCN(C[C@@H]3CC=CCC3)C2)n1. The quantitative estimate of drug-likeness (QED) is 0.670.